The SMILES string of the molecule is Cc1ccc(O[Si](c2ccccc2)(c2ccccc2)c2ccccc2)cc1. The van der Waals surface area contributed by atoms with Gasteiger partial charge < -0.3 is 4.43 Å². The van der Waals surface area contributed by atoms with Crippen LogP contribution < -0.4 is 20.0 Å². The van der Waals surface area contributed by atoms with Crippen molar-refractivity contribution < 1.29 is 4.43 Å². The smallest absolute Gasteiger partial charge is 0.346 e. The molecular formula is C25H22OSi. The molecule has 0 aromatic heterocycles. The molecule has 1 nitrogen and oxygen atoms in total. The first-order valence-corrected chi connectivity index (χ1v) is 11.1. The molecule has 0 aliphatic carbocycles. The Bertz CT molecular complexity index is 884. The molecule has 4 aromatic carbocycles. The summed E-state index contributed by atoms with van der Waals surface area (Å²) >= 11 is 0. The van der Waals surface area contributed by atoms with Crippen molar-refractivity contribution in [1.82, 2.24) is 0 Å². The van der Waals surface area contributed by atoms with E-state index in [1.807, 2.05) is 0 Å². The predicted octanol–water partition coefficient (Wildman–Crippen LogP) is 4.04. The highest BCUT2D eigenvalue weighted by molar-refractivity contribution is 7.07. The van der Waals surface area contributed by atoms with E-state index in [-0.39, 0.29) is 0 Å². The van der Waals surface area contributed by atoms with Crippen molar-refractivity contribution in [2.24, 2.45) is 0 Å². The second kappa shape index (κ2) is 7.64. The Morgan fingerprint density at radius 2 is 0.852 bits per heavy atom. The van der Waals surface area contributed by atoms with Gasteiger partial charge in [-0.05, 0) is 34.6 Å². The highest BCUT2D eigenvalue weighted by Crippen LogP contribution is 2.18. The summed E-state index contributed by atoms with van der Waals surface area (Å²) < 4.78 is 6.95. The molecule has 4 rings (SSSR count). The van der Waals surface area contributed by atoms with Gasteiger partial charge in [-0.1, -0.05) is 109 Å². The van der Waals surface area contributed by atoms with Crippen LogP contribution in [0.15, 0.2) is 115 Å². The van der Waals surface area contributed by atoms with Crippen LogP contribution in [0.2, 0.25) is 0 Å². The van der Waals surface area contributed by atoms with E-state index in [1.165, 1.54) is 21.1 Å². The molecule has 0 spiro atoms. The predicted molar refractivity (Wildman–Crippen MR) is 116 cm³/mol. The van der Waals surface area contributed by atoms with Crippen LogP contribution in [-0.4, -0.2) is 8.32 Å². The van der Waals surface area contributed by atoms with Gasteiger partial charge in [-0.2, -0.15) is 0 Å². The third-order valence-electron chi connectivity index (χ3n) is 4.83. The summed E-state index contributed by atoms with van der Waals surface area (Å²) in [5, 5.41) is 3.72. The van der Waals surface area contributed by atoms with Gasteiger partial charge in [0.2, 0.25) is 0 Å². The molecule has 0 saturated heterocycles. The van der Waals surface area contributed by atoms with Crippen LogP contribution in [0, 0.1) is 6.92 Å². The average molecular weight is 367 g/mol. The minimum absolute atomic E-state index is 0.906. The number of hydrogen-bond acceptors (Lipinski definition) is 1. The molecule has 0 heterocycles. The maximum absolute atomic E-state index is 6.95. The Hall–Kier alpha value is -3.10. The topological polar surface area (TPSA) is 9.23 Å². The Morgan fingerprint density at radius 3 is 1.22 bits per heavy atom. The Balaban J connectivity index is 1.98. The van der Waals surface area contributed by atoms with Gasteiger partial charge in [0.1, 0.15) is 5.75 Å². The number of aryl methyl sites for hydroxylation is 1. The number of hydrogen-bond donors (Lipinski definition) is 0. The Labute approximate surface area is 162 Å². The summed E-state index contributed by atoms with van der Waals surface area (Å²) in [6.45, 7) is 2.10. The minimum Gasteiger partial charge on any atom is -0.530 e. The van der Waals surface area contributed by atoms with E-state index in [9.17, 15) is 0 Å². The third-order valence-corrected chi connectivity index (χ3v) is 8.81. The highest BCUT2D eigenvalue weighted by Gasteiger charge is 2.43. The van der Waals surface area contributed by atoms with E-state index in [4.69, 9.17) is 4.43 Å². The second-order valence-corrected chi connectivity index (χ2v) is 9.99. The van der Waals surface area contributed by atoms with Gasteiger partial charge in [0.15, 0.2) is 0 Å². The lowest BCUT2D eigenvalue weighted by molar-refractivity contribution is 0.577. The average Bonchev–Trinajstić information content (AvgIpc) is 2.75. The lowest BCUT2D eigenvalue weighted by Gasteiger charge is -2.33. The molecule has 2 heteroatoms. The summed E-state index contributed by atoms with van der Waals surface area (Å²) in [5.74, 6) is 0.906. The van der Waals surface area contributed by atoms with E-state index in [0.717, 1.165) is 5.75 Å². The van der Waals surface area contributed by atoms with E-state index in [0.29, 0.717) is 0 Å². The van der Waals surface area contributed by atoms with Gasteiger partial charge in [0.05, 0.1) is 0 Å². The molecule has 132 valence electrons. The van der Waals surface area contributed by atoms with Gasteiger partial charge in [-0.15, -0.1) is 0 Å². The van der Waals surface area contributed by atoms with Crippen LogP contribution in [0.1, 0.15) is 5.56 Å². The summed E-state index contributed by atoms with van der Waals surface area (Å²) in [4.78, 5) is 0. The minimum atomic E-state index is -2.68. The lowest BCUT2D eigenvalue weighted by atomic mass is 10.2. The van der Waals surface area contributed by atoms with Crippen LogP contribution in [0.5, 0.6) is 5.75 Å². The van der Waals surface area contributed by atoms with Crippen molar-refractivity contribution in [3.8, 4) is 5.75 Å². The highest BCUT2D eigenvalue weighted by atomic mass is 28.4. The zero-order valence-corrected chi connectivity index (χ0v) is 16.4. The summed E-state index contributed by atoms with van der Waals surface area (Å²) in [5.41, 5.74) is 1.23. The van der Waals surface area contributed by atoms with Crippen LogP contribution in [-0.2, 0) is 0 Å². The van der Waals surface area contributed by atoms with E-state index in [1.54, 1.807) is 0 Å². The molecule has 0 saturated carbocycles. The zero-order valence-electron chi connectivity index (χ0n) is 15.4. The fourth-order valence-electron chi connectivity index (χ4n) is 3.48. The van der Waals surface area contributed by atoms with Crippen molar-refractivity contribution in [2.45, 2.75) is 6.92 Å². The molecule has 27 heavy (non-hydrogen) atoms. The number of rotatable bonds is 5. The molecule has 0 unspecified atom stereocenters. The molecule has 0 aliphatic heterocycles. The van der Waals surface area contributed by atoms with Gasteiger partial charge in [0.25, 0.3) is 0 Å². The maximum Gasteiger partial charge on any atom is 0.346 e. The van der Waals surface area contributed by atoms with Crippen LogP contribution in [0.4, 0.5) is 0 Å². The standard InChI is InChI=1S/C25H22OSi/c1-21-17-19-22(20-18-21)26-27(23-11-5-2-6-12-23,24-13-7-3-8-14-24)25-15-9-4-10-16-25/h2-20H,1H3. The molecule has 0 radical (unpaired) electrons. The van der Waals surface area contributed by atoms with E-state index in [2.05, 4.69) is 122 Å². The molecule has 0 fully saturated rings. The fourth-order valence-corrected chi connectivity index (χ4v) is 7.31. The second-order valence-electron chi connectivity index (χ2n) is 6.69. The normalized spacial score (nSPS) is 11.1. The Morgan fingerprint density at radius 1 is 0.481 bits per heavy atom. The summed E-state index contributed by atoms with van der Waals surface area (Å²) in [6, 6.07) is 40.3. The number of benzene rings is 4. The van der Waals surface area contributed by atoms with E-state index >= 15 is 0 Å². The largest absolute Gasteiger partial charge is 0.530 e. The van der Waals surface area contributed by atoms with Crippen LogP contribution in [0.25, 0.3) is 0 Å². The van der Waals surface area contributed by atoms with Crippen molar-refractivity contribution in [2.75, 3.05) is 0 Å². The molecule has 0 amide bonds. The fraction of sp³-hybridized carbons (Fsp3) is 0.0400. The van der Waals surface area contributed by atoms with E-state index < -0.39 is 8.32 Å². The molecule has 0 aliphatic rings. The monoisotopic (exact) mass is 366 g/mol. The first-order valence-electron chi connectivity index (χ1n) is 9.21. The lowest BCUT2D eigenvalue weighted by Crippen LogP contribution is -2.71. The summed E-state index contributed by atoms with van der Waals surface area (Å²) in [7, 11) is -2.68. The van der Waals surface area contributed by atoms with Crippen molar-refractivity contribution in [3.05, 3.63) is 121 Å². The van der Waals surface area contributed by atoms with Crippen molar-refractivity contribution >= 4 is 23.9 Å². The van der Waals surface area contributed by atoms with Gasteiger partial charge in [0, 0.05) is 0 Å². The summed E-state index contributed by atoms with van der Waals surface area (Å²) in [6.07, 6.45) is 0. The van der Waals surface area contributed by atoms with Crippen molar-refractivity contribution in [1.29, 1.82) is 0 Å². The zero-order chi connectivity index (χ0) is 18.5. The molecular weight excluding hydrogens is 344 g/mol. The molecule has 0 bridgehead atoms. The third kappa shape index (κ3) is 3.44. The first-order chi connectivity index (χ1) is 13.3. The van der Waals surface area contributed by atoms with Gasteiger partial charge in [-0.25, -0.2) is 0 Å². The Kier molecular flexibility index (Phi) is 4.90. The van der Waals surface area contributed by atoms with Crippen molar-refractivity contribution in [3.63, 3.8) is 0 Å². The molecule has 0 N–H and O–H groups in total. The van der Waals surface area contributed by atoms with Gasteiger partial charge in [-0.3, -0.25) is 0 Å². The van der Waals surface area contributed by atoms with Crippen LogP contribution >= 0.6 is 0 Å². The molecule has 4 aromatic rings. The maximum atomic E-state index is 6.95. The van der Waals surface area contributed by atoms with Gasteiger partial charge >= 0.3 is 8.32 Å². The first kappa shape index (κ1) is 17.3. The molecule has 0 atom stereocenters. The van der Waals surface area contributed by atoms with Crippen LogP contribution in [0.3, 0.4) is 0 Å². The quantitative estimate of drug-likeness (QED) is 0.383.